The Hall–Kier alpha value is -2.92. The summed E-state index contributed by atoms with van der Waals surface area (Å²) in [4.78, 5) is 22.7. The highest BCUT2D eigenvalue weighted by Crippen LogP contribution is 2.24. The molecular formula is C19H17ClN4O. The van der Waals surface area contributed by atoms with Gasteiger partial charge in [-0.2, -0.15) is 0 Å². The Morgan fingerprint density at radius 1 is 1.04 bits per heavy atom. The van der Waals surface area contributed by atoms with Crippen LogP contribution in [0.4, 0.5) is 11.5 Å². The van der Waals surface area contributed by atoms with Gasteiger partial charge in [-0.25, -0.2) is 9.97 Å². The summed E-state index contributed by atoms with van der Waals surface area (Å²) in [5.74, 6) is 0.321. The lowest BCUT2D eigenvalue weighted by Gasteiger charge is -2.19. The molecule has 1 amide bonds. The van der Waals surface area contributed by atoms with Crippen molar-refractivity contribution in [2.75, 3.05) is 17.3 Å². The van der Waals surface area contributed by atoms with Crippen molar-refractivity contribution < 1.29 is 4.79 Å². The molecule has 5 nitrogen and oxygen atoms in total. The van der Waals surface area contributed by atoms with Crippen molar-refractivity contribution in [2.45, 2.75) is 6.54 Å². The van der Waals surface area contributed by atoms with Crippen molar-refractivity contribution in [3.8, 4) is 0 Å². The van der Waals surface area contributed by atoms with Crippen LogP contribution in [0.25, 0.3) is 0 Å². The maximum Gasteiger partial charge on any atom is 0.261 e. The minimum Gasteiger partial charge on any atom is -0.365 e. The molecule has 1 N–H and O–H groups in total. The van der Waals surface area contributed by atoms with Gasteiger partial charge in [0.05, 0.1) is 11.3 Å². The molecule has 0 aliphatic carbocycles. The summed E-state index contributed by atoms with van der Waals surface area (Å²) in [5.41, 5.74) is 2.13. The topological polar surface area (TPSA) is 58.1 Å². The summed E-state index contributed by atoms with van der Waals surface area (Å²) in [5, 5.41) is 3.50. The summed E-state index contributed by atoms with van der Waals surface area (Å²) < 4.78 is 0. The normalized spacial score (nSPS) is 10.3. The zero-order valence-electron chi connectivity index (χ0n) is 13.7. The van der Waals surface area contributed by atoms with Gasteiger partial charge in [-0.05, 0) is 29.8 Å². The minimum absolute atomic E-state index is 0.210. The molecule has 0 unspecified atom stereocenters. The molecule has 0 radical (unpaired) electrons. The molecule has 1 aromatic carbocycles. The quantitative estimate of drug-likeness (QED) is 0.705. The van der Waals surface area contributed by atoms with Gasteiger partial charge in [-0.3, -0.25) is 4.79 Å². The Bertz CT molecular complexity index is 870. The van der Waals surface area contributed by atoms with Crippen LogP contribution < -0.4 is 10.2 Å². The first-order chi connectivity index (χ1) is 12.2. The number of carbonyl (C=O) groups excluding carboxylic acids is 1. The zero-order valence-corrected chi connectivity index (χ0v) is 14.4. The third-order valence-electron chi connectivity index (χ3n) is 3.75. The van der Waals surface area contributed by atoms with Crippen molar-refractivity contribution >= 4 is 29.0 Å². The minimum atomic E-state index is -0.210. The van der Waals surface area contributed by atoms with Gasteiger partial charge in [0.25, 0.3) is 5.91 Å². The van der Waals surface area contributed by atoms with Crippen molar-refractivity contribution in [3.05, 3.63) is 83.3 Å². The Morgan fingerprint density at radius 3 is 2.52 bits per heavy atom. The maximum atomic E-state index is 12.9. The second-order valence-corrected chi connectivity index (χ2v) is 5.77. The summed E-state index contributed by atoms with van der Waals surface area (Å²) in [6.45, 7) is 0.579. The van der Waals surface area contributed by atoms with Crippen LogP contribution in [0.15, 0.2) is 67.0 Å². The SMILES string of the molecule is CN(C(=O)c1cccnc1NCc1ccccc1)c1cccnc1Cl. The molecule has 0 aliphatic heterocycles. The fourth-order valence-electron chi connectivity index (χ4n) is 2.42. The fraction of sp³-hybridized carbons (Fsp3) is 0.105. The van der Waals surface area contributed by atoms with E-state index in [1.807, 2.05) is 30.3 Å². The lowest BCUT2D eigenvalue weighted by Crippen LogP contribution is -2.27. The van der Waals surface area contributed by atoms with E-state index in [2.05, 4.69) is 15.3 Å². The average molecular weight is 353 g/mol. The number of halogens is 1. The number of rotatable bonds is 5. The van der Waals surface area contributed by atoms with Gasteiger partial charge in [-0.1, -0.05) is 41.9 Å². The van der Waals surface area contributed by atoms with E-state index in [4.69, 9.17) is 11.6 Å². The molecule has 2 heterocycles. The van der Waals surface area contributed by atoms with Crippen LogP contribution in [-0.4, -0.2) is 22.9 Å². The highest BCUT2D eigenvalue weighted by molar-refractivity contribution is 6.32. The maximum absolute atomic E-state index is 12.9. The van der Waals surface area contributed by atoms with E-state index in [1.54, 1.807) is 43.7 Å². The van der Waals surface area contributed by atoms with Crippen LogP contribution in [0.2, 0.25) is 5.15 Å². The van der Waals surface area contributed by atoms with Gasteiger partial charge in [0.15, 0.2) is 5.15 Å². The summed E-state index contributed by atoms with van der Waals surface area (Å²) in [6, 6.07) is 16.9. The van der Waals surface area contributed by atoms with Crippen molar-refractivity contribution in [2.24, 2.45) is 0 Å². The summed E-state index contributed by atoms with van der Waals surface area (Å²) >= 11 is 6.10. The molecule has 0 fully saturated rings. The molecule has 0 saturated heterocycles. The number of nitrogens with zero attached hydrogens (tertiary/aromatic N) is 3. The van der Waals surface area contributed by atoms with E-state index in [9.17, 15) is 4.79 Å². The molecule has 3 rings (SSSR count). The number of nitrogens with one attached hydrogen (secondary N) is 1. The Balaban J connectivity index is 1.82. The largest absolute Gasteiger partial charge is 0.365 e. The van der Waals surface area contributed by atoms with E-state index in [1.165, 1.54) is 4.90 Å². The number of hydrogen-bond donors (Lipinski definition) is 1. The lowest BCUT2D eigenvalue weighted by molar-refractivity contribution is 0.0993. The molecule has 0 saturated carbocycles. The second kappa shape index (κ2) is 7.77. The first-order valence-electron chi connectivity index (χ1n) is 7.78. The van der Waals surface area contributed by atoms with Gasteiger partial charge in [0, 0.05) is 26.0 Å². The number of carbonyl (C=O) groups is 1. The number of pyridine rings is 2. The smallest absolute Gasteiger partial charge is 0.261 e. The standard InChI is InChI=1S/C19H17ClN4O/c1-24(16-10-6-11-21-17(16)20)19(25)15-9-5-12-22-18(15)23-13-14-7-3-2-4-8-14/h2-12H,13H2,1H3,(H,22,23). The number of aromatic nitrogens is 2. The molecule has 0 spiro atoms. The first-order valence-corrected chi connectivity index (χ1v) is 8.16. The van der Waals surface area contributed by atoms with Crippen LogP contribution in [0, 0.1) is 0 Å². The average Bonchev–Trinajstić information content (AvgIpc) is 2.67. The van der Waals surface area contributed by atoms with E-state index < -0.39 is 0 Å². The van der Waals surface area contributed by atoms with Crippen LogP contribution in [0.1, 0.15) is 15.9 Å². The van der Waals surface area contributed by atoms with Gasteiger partial charge in [0.2, 0.25) is 0 Å². The molecule has 3 aromatic rings. The van der Waals surface area contributed by atoms with E-state index in [0.29, 0.717) is 23.6 Å². The molecular weight excluding hydrogens is 336 g/mol. The van der Waals surface area contributed by atoms with Crippen LogP contribution >= 0.6 is 11.6 Å². The van der Waals surface area contributed by atoms with Crippen molar-refractivity contribution in [1.29, 1.82) is 0 Å². The highest BCUT2D eigenvalue weighted by atomic mass is 35.5. The number of anilines is 2. The first kappa shape index (κ1) is 16.9. The summed E-state index contributed by atoms with van der Waals surface area (Å²) in [7, 11) is 1.67. The number of amides is 1. The monoisotopic (exact) mass is 352 g/mol. The van der Waals surface area contributed by atoms with Gasteiger partial charge >= 0.3 is 0 Å². The third-order valence-corrected chi connectivity index (χ3v) is 4.04. The molecule has 126 valence electrons. The van der Waals surface area contributed by atoms with E-state index in [0.717, 1.165) is 5.56 Å². The van der Waals surface area contributed by atoms with Gasteiger partial charge < -0.3 is 10.2 Å². The Kier molecular flexibility index (Phi) is 5.26. The van der Waals surface area contributed by atoms with Crippen LogP contribution in [-0.2, 0) is 6.54 Å². The molecule has 6 heteroatoms. The Morgan fingerprint density at radius 2 is 1.76 bits per heavy atom. The zero-order chi connectivity index (χ0) is 17.6. The molecule has 0 aliphatic rings. The second-order valence-electron chi connectivity index (χ2n) is 5.42. The molecule has 0 atom stereocenters. The van der Waals surface area contributed by atoms with E-state index >= 15 is 0 Å². The lowest BCUT2D eigenvalue weighted by atomic mass is 10.2. The molecule has 25 heavy (non-hydrogen) atoms. The fourth-order valence-corrected chi connectivity index (χ4v) is 2.66. The molecule has 0 bridgehead atoms. The van der Waals surface area contributed by atoms with E-state index in [-0.39, 0.29) is 11.1 Å². The van der Waals surface area contributed by atoms with Crippen molar-refractivity contribution in [3.63, 3.8) is 0 Å². The third kappa shape index (κ3) is 3.95. The number of hydrogen-bond acceptors (Lipinski definition) is 4. The Labute approximate surface area is 151 Å². The predicted molar refractivity (Wildman–Crippen MR) is 100.0 cm³/mol. The predicted octanol–water partition coefficient (Wildman–Crippen LogP) is 4.02. The van der Waals surface area contributed by atoms with Gasteiger partial charge in [-0.15, -0.1) is 0 Å². The van der Waals surface area contributed by atoms with Crippen LogP contribution in [0.5, 0.6) is 0 Å². The highest BCUT2D eigenvalue weighted by Gasteiger charge is 2.19. The molecule has 2 aromatic heterocycles. The van der Waals surface area contributed by atoms with Crippen molar-refractivity contribution in [1.82, 2.24) is 9.97 Å². The summed E-state index contributed by atoms with van der Waals surface area (Å²) in [6.07, 6.45) is 3.24. The van der Waals surface area contributed by atoms with Gasteiger partial charge in [0.1, 0.15) is 5.82 Å². The number of benzene rings is 1. The van der Waals surface area contributed by atoms with Crippen LogP contribution in [0.3, 0.4) is 0 Å².